The van der Waals surface area contributed by atoms with Crippen molar-refractivity contribution in [3.8, 4) is 0 Å². The Morgan fingerprint density at radius 3 is 2.36 bits per heavy atom. The summed E-state index contributed by atoms with van der Waals surface area (Å²) in [5.41, 5.74) is 1.14. The third kappa shape index (κ3) is 2.70. The number of halogens is 2. The molecule has 1 rings (SSSR count). The van der Waals surface area contributed by atoms with Gasteiger partial charge >= 0.3 is 0 Å². The van der Waals surface area contributed by atoms with Gasteiger partial charge in [-0.2, -0.15) is 0 Å². The van der Waals surface area contributed by atoms with Crippen molar-refractivity contribution in [3.63, 3.8) is 0 Å². The van der Waals surface area contributed by atoms with Crippen LogP contribution in [0.4, 0.5) is 0 Å². The van der Waals surface area contributed by atoms with Crippen LogP contribution in [0, 0.1) is 0 Å². The molecule has 1 nitrogen and oxygen atoms in total. The first-order valence-electron chi connectivity index (χ1n) is 3.18. The highest BCUT2D eigenvalue weighted by Gasteiger charge is 1.96. The van der Waals surface area contributed by atoms with E-state index in [1.807, 2.05) is 12.1 Å². The Bertz CT molecular complexity index is 236. The Morgan fingerprint density at radius 1 is 1.27 bits per heavy atom. The van der Waals surface area contributed by atoms with Crippen molar-refractivity contribution in [2.45, 2.75) is 13.3 Å². The average Bonchev–Trinajstić information content (AvgIpc) is 1.88. The summed E-state index contributed by atoms with van der Waals surface area (Å²) >= 11 is 11.5. The highest BCUT2D eigenvalue weighted by atomic mass is 35.5. The number of hydrogen-bond acceptors (Lipinski definition) is 1. The maximum Gasteiger partial charge on any atom is 0.0452 e. The fourth-order valence-electron chi connectivity index (χ4n) is 0.808. The Balaban J connectivity index is 0.000001000. The number of rotatable bonds is 1. The van der Waals surface area contributed by atoms with Gasteiger partial charge in [0.15, 0.2) is 0 Å². The number of hydrogen-bond donors (Lipinski definition) is 1. The van der Waals surface area contributed by atoms with Crippen LogP contribution in [-0.4, -0.2) is 0 Å². The van der Waals surface area contributed by atoms with Gasteiger partial charge in [-0.25, -0.2) is 0 Å². The van der Waals surface area contributed by atoms with E-state index in [2.05, 4.69) is 6.92 Å². The van der Waals surface area contributed by atoms with Crippen molar-refractivity contribution in [2.24, 2.45) is 0 Å². The summed E-state index contributed by atoms with van der Waals surface area (Å²) in [5, 5.41) is 1.46. The summed E-state index contributed by atoms with van der Waals surface area (Å²) in [6.45, 7) is 2.06. The summed E-state index contributed by atoms with van der Waals surface area (Å²) in [6.07, 6.45) is 0.954. The first-order valence-corrected chi connectivity index (χ1v) is 3.93. The highest BCUT2D eigenvalue weighted by molar-refractivity contribution is 6.35. The monoisotopic (exact) mass is 191 g/mol. The predicted molar refractivity (Wildman–Crippen MR) is 50.9 cm³/mol. The van der Waals surface area contributed by atoms with E-state index in [1.54, 1.807) is 6.07 Å². The number of aryl methyl sites for hydroxylation is 1. The van der Waals surface area contributed by atoms with Gasteiger partial charge in [-0.3, -0.25) is 0 Å². The molecule has 11 heavy (non-hydrogen) atoms. The smallest absolute Gasteiger partial charge is 0.0452 e. The van der Waals surface area contributed by atoms with E-state index in [4.69, 9.17) is 23.2 Å². The fourth-order valence-corrected chi connectivity index (χ4v) is 1.35. The zero-order valence-corrected chi connectivity index (χ0v) is 7.91. The summed E-state index contributed by atoms with van der Waals surface area (Å²) < 4.78 is 0. The van der Waals surface area contributed by atoms with Crippen LogP contribution in [0.3, 0.4) is 0 Å². The molecular formula is C8H11Cl2N. The Labute approximate surface area is 76.9 Å². The third-order valence-corrected chi connectivity index (χ3v) is 1.98. The van der Waals surface area contributed by atoms with Crippen LogP contribution in [0.25, 0.3) is 0 Å². The molecule has 0 atom stereocenters. The average molecular weight is 192 g/mol. The molecular weight excluding hydrogens is 181 g/mol. The summed E-state index contributed by atoms with van der Waals surface area (Å²) in [4.78, 5) is 0. The Hall–Kier alpha value is -0.240. The second-order valence-electron chi connectivity index (χ2n) is 2.09. The normalized spacial score (nSPS) is 9.00. The fraction of sp³-hybridized carbons (Fsp3) is 0.250. The van der Waals surface area contributed by atoms with Crippen LogP contribution in [0.5, 0.6) is 0 Å². The van der Waals surface area contributed by atoms with Crippen LogP contribution in [0.15, 0.2) is 18.2 Å². The van der Waals surface area contributed by atoms with E-state index >= 15 is 0 Å². The molecule has 0 spiro atoms. The molecule has 1 aromatic rings. The van der Waals surface area contributed by atoms with Crippen molar-refractivity contribution in [3.05, 3.63) is 33.8 Å². The molecule has 0 bridgehead atoms. The molecule has 0 aliphatic carbocycles. The summed E-state index contributed by atoms with van der Waals surface area (Å²) in [6, 6.07) is 5.57. The number of benzene rings is 1. The lowest BCUT2D eigenvalue weighted by molar-refractivity contribution is 1.14. The van der Waals surface area contributed by atoms with Crippen molar-refractivity contribution >= 4 is 23.2 Å². The molecule has 0 saturated carbocycles. The summed E-state index contributed by atoms with van der Waals surface area (Å²) in [7, 11) is 0. The highest BCUT2D eigenvalue weighted by Crippen LogP contribution is 2.20. The van der Waals surface area contributed by atoms with E-state index in [-0.39, 0.29) is 6.15 Å². The Kier molecular flexibility index (Phi) is 4.50. The largest absolute Gasteiger partial charge is 0.344 e. The molecule has 0 aliphatic heterocycles. The third-order valence-electron chi connectivity index (χ3n) is 1.40. The SMILES string of the molecule is CCc1ccc(Cl)cc1Cl.N. The molecule has 0 unspecified atom stereocenters. The van der Waals surface area contributed by atoms with Crippen molar-refractivity contribution in [2.75, 3.05) is 0 Å². The first-order chi connectivity index (χ1) is 4.74. The minimum absolute atomic E-state index is 0. The second kappa shape index (κ2) is 4.60. The van der Waals surface area contributed by atoms with Gasteiger partial charge in [0, 0.05) is 10.0 Å². The van der Waals surface area contributed by atoms with Crippen LogP contribution in [0.2, 0.25) is 10.0 Å². The zero-order chi connectivity index (χ0) is 7.56. The molecule has 0 amide bonds. The molecule has 0 heterocycles. The zero-order valence-electron chi connectivity index (χ0n) is 6.40. The quantitative estimate of drug-likeness (QED) is 0.722. The molecule has 0 aromatic heterocycles. The van der Waals surface area contributed by atoms with Gasteiger partial charge in [0.25, 0.3) is 0 Å². The van der Waals surface area contributed by atoms with E-state index in [0.29, 0.717) is 5.02 Å². The standard InChI is InChI=1S/C8H8Cl2.H3N/c1-2-6-3-4-7(9)5-8(6)10;/h3-5H,2H2,1H3;1H3. The van der Waals surface area contributed by atoms with E-state index in [1.165, 1.54) is 0 Å². The van der Waals surface area contributed by atoms with Gasteiger partial charge in [-0.05, 0) is 24.1 Å². The van der Waals surface area contributed by atoms with Gasteiger partial charge in [-0.1, -0.05) is 36.2 Å². The van der Waals surface area contributed by atoms with E-state index in [0.717, 1.165) is 17.0 Å². The summed E-state index contributed by atoms with van der Waals surface area (Å²) in [5.74, 6) is 0. The maximum atomic E-state index is 5.85. The van der Waals surface area contributed by atoms with E-state index in [9.17, 15) is 0 Å². The maximum absolute atomic E-state index is 5.85. The van der Waals surface area contributed by atoms with Crippen molar-refractivity contribution in [1.82, 2.24) is 6.15 Å². The second-order valence-corrected chi connectivity index (χ2v) is 2.93. The van der Waals surface area contributed by atoms with Crippen LogP contribution in [-0.2, 0) is 6.42 Å². The topological polar surface area (TPSA) is 35.0 Å². The van der Waals surface area contributed by atoms with Crippen molar-refractivity contribution in [1.29, 1.82) is 0 Å². The molecule has 0 radical (unpaired) electrons. The van der Waals surface area contributed by atoms with Gasteiger partial charge in [0.05, 0.1) is 0 Å². The van der Waals surface area contributed by atoms with E-state index < -0.39 is 0 Å². The minimum atomic E-state index is 0. The molecule has 3 N–H and O–H groups in total. The first kappa shape index (κ1) is 10.8. The van der Waals surface area contributed by atoms with Crippen LogP contribution >= 0.6 is 23.2 Å². The van der Waals surface area contributed by atoms with Gasteiger partial charge in [-0.15, -0.1) is 0 Å². The van der Waals surface area contributed by atoms with Gasteiger partial charge < -0.3 is 6.15 Å². The molecule has 62 valence electrons. The molecule has 0 fully saturated rings. The molecule has 1 aromatic carbocycles. The Morgan fingerprint density at radius 2 is 1.91 bits per heavy atom. The van der Waals surface area contributed by atoms with Crippen molar-refractivity contribution < 1.29 is 0 Å². The van der Waals surface area contributed by atoms with Gasteiger partial charge in [0.1, 0.15) is 0 Å². The molecule has 0 aliphatic rings. The van der Waals surface area contributed by atoms with Crippen LogP contribution < -0.4 is 6.15 Å². The lowest BCUT2D eigenvalue weighted by atomic mass is 10.2. The minimum Gasteiger partial charge on any atom is -0.344 e. The molecule has 0 saturated heterocycles. The predicted octanol–water partition coefficient (Wildman–Crippen LogP) is 3.72. The lowest BCUT2D eigenvalue weighted by Gasteiger charge is -1.98. The molecule has 3 heteroatoms. The van der Waals surface area contributed by atoms with Crippen LogP contribution in [0.1, 0.15) is 12.5 Å². The van der Waals surface area contributed by atoms with Gasteiger partial charge in [0.2, 0.25) is 0 Å². The lowest BCUT2D eigenvalue weighted by Crippen LogP contribution is -1.79.